The summed E-state index contributed by atoms with van der Waals surface area (Å²) < 4.78 is 0. The third kappa shape index (κ3) is 3.87. The molecule has 4 nitrogen and oxygen atoms in total. The fourth-order valence-corrected chi connectivity index (χ4v) is 2.56. The number of carbonyl (C=O) groups excluding carboxylic acids is 2. The van der Waals surface area contributed by atoms with E-state index in [2.05, 4.69) is 5.32 Å². The van der Waals surface area contributed by atoms with Gasteiger partial charge in [0.05, 0.1) is 0 Å². The largest absolute Gasteiger partial charge is 0.352 e. The van der Waals surface area contributed by atoms with Gasteiger partial charge < -0.3 is 10.2 Å². The molecule has 0 aromatic heterocycles. The smallest absolute Gasteiger partial charge is 0.253 e. The van der Waals surface area contributed by atoms with Gasteiger partial charge in [0.25, 0.3) is 5.91 Å². The number of amides is 2. The molecule has 1 fully saturated rings. The van der Waals surface area contributed by atoms with E-state index in [1.807, 2.05) is 0 Å². The van der Waals surface area contributed by atoms with Crippen LogP contribution in [0.2, 0.25) is 5.02 Å². The molecule has 108 valence electrons. The molecule has 1 aromatic rings. The molecule has 2 amide bonds. The molecule has 0 bridgehead atoms. The van der Waals surface area contributed by atoms with Crippen molar-refractivity contribution in [1.82, 2.24) is 10.2 Å². The van der Waals surface area contributed by atoms with Crippen LogP contribution in [0.15, 0.2) is 24.3 Å². The predicted molar refractivity (Wildman–Crippen MR) is 79.2 cm³/mol. The molecule has 1 heterocycles. The molecule has 0 atom stereocenters. The zero-order valence-electron chi connectivity index (χ0n) is 10.9. The van der Waals surface area contributed by atoms with Gasteiger partial charge in [-0.15, -0.1) is 11.6 Å². The Kier molecular flexibility index (Phi) is 5.26. The van der Waals surface area contributed by atoms with Gasteiger partial charge in [-0.25, -0.2) is 0 Å². The summed E-state index contributed by atoms with van der Waals surface area (Å²) >= 11 is 11.3. The van der Waals surface area contributed by atoms with Crippen molar-refractivity contribution in [3.05, 3.63) is 34.9 Å². The Bertz CT molecular complexity index is 500. The Labute approximate surface area is 128 Å². The fraction of sp³-hybridized carbons (Fsp3) is 0.429. The second-order valence-electron chi connectivity index (χ2n) is 4.78. The molecule has 6 heteroatoms. The van der Waals surface area contributed by atoms with E-state index in [1.54, 1.807) is 29.2 Å². The lowest BCUT2D eigenvalue weighted by molar-refractivity contribution is -0.119. The van der Waals surface area contributed by atoms with Crippen LogP contribution in [0.1, 0.15) is 23.2 Å². The molecule has 2 rings (SSSR count). The normalized spacial score (nSPS) is 16.0. The van der Waals surface area contributed by atoms with Crippen molar-refractivity contribution in [2.24, 2.45) is 0 Å². The summed E-state index contributed by atoms with van der Waals surface area (Å²) in [6, 6.07) is 7.04. The van der Waals surface area contributed by atoms with Crippen LogP contribution in [0.3, 0.4) is 0 Å². The van der Waals surface area contributed by atoms with Crippen molar-refractivity contribution in [3.8, 4) is 0 Å². The average molecular weight is 315 g/mol. The van der Waals surface area contributed by atoms with Gasteiger partial charge in [-0.3, -0.25) is 9.59 Å². The van der Waals surface area contributed by atoms with E-state index in [4.69, 9.17) is 23.2 Å². The van der Waals surface area contributed by atoms with Crippen LogP contribution in [-0.4, -0.2) is 41.7 Å². The van der Waals surface area contributed by atoms with Crippen molar-refractivity contribution < 1.29 is 9.59 Å². The van der Waals surface area contributed by atoms with E-state index in [0.29, 0.717) is 23.7 Å². The van der Waals surface area contributed by atoms with E-state index in [0.717, 1.165) is 12.8 Å². The van der Waals surface area contributed by atoms with E-state index >= 15 is 0 Å². The number of piperidine rings is 1. The van der Waals surface area contributed by atoms with Crippen LogP contribution in [0, 0.1) is 0 Å². The van der Waals surface area contributed by atoms with Gasteiger partial charge in [0.1, 0.15) is 5.88 Å². The monoisotopic (exact) mass is 314 g/mol. The predicted octanol–water partition coefficient (Wildman–Crippen LogP) is 2.30. The van der Waals surface area contributed by atoms with Crippen molar-refractivity contribution in [2.45, 2.75) is 18.9 Å². The van der Waals surface area contributed by atoms with Crippen LogP contribution in [0.4, 0.5) is 0 Å². The molecule has 20 heavy (non-hydrogen) atoms. The van der Waals surface area contributed by atoms with Crippen LogP contribution in [0.25, 0.3) is 0 Å². The maximum atomic E-state index is 12.3. The van der Waals surface area contributed by atoms with Crippen LogP contribution >= 0.6 is 23.2 Å². The first-order valence-corrected chi connectivity index (χ1v) is 7.41. The Hall–Kier alpha value is -1.26. The highest BCUT2D eigenvalue weighted by atomic mass is 35.5. The maximum absolute atomic E-state index is 12.3. The molecule has 0 radical (unpaired) electrons. The molecule has 0 spiro atoms. The van der Waals surface area contributed by atoms with E-state index in [9.17, 15) is 9.59 Å². The Balaban J connectivity index is 1.90. The second kappa shape index (κ2) is 6.95. The molecular weight excluding hydrogens is 299 g/mol. The van der Waals surface area contributed by atoms with Crippen LogP contribution < -0.4 is 5.32 Å². The van der Waals surface area contributed by atoms with Gasteiger partial charge in [-0.1, -0.05) is 17.7 Å². The van der Waals surface area contributed by atoms with Gasteiger partial charge in [-0.05, 0) is 31.0 Å². The Morgan fingerprint density at radius 3 is 2.60 bits per heavy atom. The molecule has 0 aliphatic carbocycles. The first-order chi connectivity index (χ1) is 9.60. The van der Waals surface area contributed by atoms with Gasteiger partial charge >= 0.3 is 0 Å². The molecule has 1 saturated heterocycles. The molecule has 1 aliphatic heterocycles. The minimum atomic E-state index is -0.161. The lowest BCUT2D eigenvalue weighted by Gasteiger charge is -2.32. The van der Waals surface area contributed by atoms with Crippen molar-refractivity contribution in [3.63, 3.8) is 0 Å². The van der Waals surface area contributed by atoms with E-state index in [1.165, 1.54) is 0 Å². The number of benzene rings is 1. The van der Waals surface area contributed by atoms with Crippen LogP contribution in [-0.2, 0) is 4.79 Å². The molecular formula is C14H16Cl2N2O2. The zero-order chi connectivity index (χ0) is 14.5. The first kappa shape index (κ1) is 15.1. The summed E-state index contributed by atoms with van der Waals surface area (Å²) in [4.78, 5) is 25.3. The number of nitrogens with zero attached hydrogens (tertiary/aromatic N) is 1. The number of alkyl halides is 1. The van der Waals surface area contributed by atoms with Gasteiger partial charge in [0, 0.05) is 29.7 Å². The minimum Gasteiger partial charge on any atom is -0.352 e. The molecule has 1 aromatic carbocycles. The summed E-state index contributed by atoms with van der Waals surface area (Å²) in [5.74, 6) is -0.206. The third-order valence-corrected chi connectivity index (χ3v) is 3.82. The topological polar surface area (TPSA) is 49.4 Å². The highest BCUT2D eigenvalue weighted by Gasteiger charge is 2.24. The molecule has 0 saturated carbocycles. The number of rotatable bonds is 3. The number of hydrogen-bond donors (Lipinski definition) is 1. The van der Waals surface area contributed by atoms with Crippen molar-refractivity contribution in [1.29, 1.82) is 0 Å². The molecule has 0 unspecified atom stereocenters. The number of likely N-dealkylation sites (tertiary alicyclic amines) is 1. The van der Waals surface area contributed by atoms with E-state index in [-0.39, 0.29) is 23.7 Å². The van der Waals surface area contributed by atoms with E-state index < -0.39 is 0 Å². The quantitative estimate of drug-likeness (QED) is 0.870. The first-order valence-electron chi connectivity index (χ1n) is 6.50. The number of nitrogens with one attached hydrogen (secondary N) is 1. The van der Waals surface area contributed by atoms with Crippen molar-refractivity contribution in [2.75, 3.05) is 19.0 Å². The average Bonchev–Trinajstić information content (AvgIpc) is 2.47. The highest BCUT2D eigenvalue weighted by Crippen LogP contribution is 2.16. The van der Waals surface area contributed by atoms with Gasteiger partial charge in [0.15, 0.2) is 0 Å². The van der Waals surface area contributed by atoms with Gasteiger partial charge in [-0.2, -0.15) is 0 Å². The highest BCUT2D eigenvalue weighted by molar-refractivity contribution is 6.31. The number of hydrogen-bond acceptors (Lipinski definition) is 2. The Morgan fingerprint density at radius 1 is 1.30 bits per heavy atom. The second-order valence-corrected chi connectivity index (χ2v) is 5.48. The number of halogens is 2. The van der Waals surface area contributed by atoms with Gasteiger partial charge in [0.2, 0.25) is 5.91 Å². The SMILES string of the molecule is O=C(CCl)NC1CCN(C(=O)c2cccc(Cl)c2)CC1. The summed E-state index contributed by atoms with van der Waals surface area (Å²) in [5, 5.41) is 3.40. The zero-order valence-corrected chi connectivity index (χ0v) is 12.5. The maximum Gasteiger partial charge on any atom is 0.253 e. The molecule has 1 N–H and O–H groups in total. The lowest BCUT2D eigenvalue weighted by atomic mass is 10.0. The summed E-state index contributed by atoms with van der Waals surface area (Å²) in [6.45, 7) is 1.25. The summed E-state index contributed by atoms with van der Waals surface area (Å²) in [5.41, 5.74) is 0.598. The standard InChI is InChI=1S/C14H16Cl2N2O2/c15-9-13(19)17-12-4-6-18(7-5-12)14(20)10-2-1-3-11(16)8-10/h1-3,8,12H,4-7,9H2,(H,17,19). The lowest BCUT2D eigenvalue weighted by Crippen LogP contribution is -2.46. The van der Waals surface area contributed by atoms with Crippen LogP contribution in [0.5, 0.6) is 0 Å². The van der Waals surface area contributed by atoms with Crippen molar-refractivity contribution >= 4 is 35.0 Å². The summed E-state index contributed by atoms with van der Waals surface area (Å²) in [7, 11) is 0. The fourth-order valence-electron chi connectivity index (χ4n) is 2.30. The molecule has 1 aliphatic rings. The Morgan fingerprint density at radius 2 is 2.00 bits per heavy atom. The summed E-state index contributed by atoms with van der Waals surface area (Å²) in [6.07, 6.45) is 1.49. The third-order valence-electron chi connectivity index (χ3n) is 3.34. The minimum absolute atomic E-state index is 0.0189. The number of carbonyl (C=O) groups is 2.